The summed E-state index contributed by atoms with van der Waals surface area (Å²) in [4.78, 5) is 14.2. The van der Waals surface area contributed by atoms with E-state index in [1.807, 2.05) is 25.4 Å². The van der Waals surface area contributed by atoms with Crippen molar-refractivity contribution in [2.24, 2.45) is 0 Å². The minimum atomic E-state index is -0.0519. The summed E-state index contributed by atoms with van der Waals surface area (Å²) in [7, 11) is 2.00. The van der Waals surface area contributed by atoms with Crippen molar-refractivity contribution in [2.75, 3.05) is 18.2 Å². The summed E-state index contributed by atoms with van der Waals surface area (Å²) in [6.45, 7) is 0. The van der Waals surface area contributed by atoms with Crippen LogP contribution in [0.1, 0.15) is 5.56 Å². The largest absolute Gasteiger partial charge is 0.343 e. The van der Waals surface area contributed by atoms with E-state index >= 15 is 0 Å². The number of benzene rings is 1. The monoisotopic (exact) mass is 261 g/mol. The molecule has 1 aromatic carbocycles. The van der Waals surface area contributed by atoms with Gasteiger partial charge in [0.25, 0.3) is 5.91 Å². The Morgan fingerprint density at radius 3 is 2.89 bits per heavy atom. The number of carbonyl (C=O) groups is 1. The summed E-state index contributed by atoms with van der Waals surface area (Å²) in [6.07, 6.45) is 2.66. The van der Waals surface area contributed by atoms with Crippen LogP contribution in [-0.2, 0) is 11.2 Å². The third kappa shape index (κ3) is 1.66. The molecule has 1 aromatic rings. The fraction of sp³-hybridized carbons (Fsp3) is 0.308. The number of nitrogens with zero attached hydrogens (tertiary/aromatic N) is 1. The number of amides is 1. The molecule has 2 N–H and O–H groups in total. The van der Waals surface area contributed by atoms with Crippen molar-refractivity contribution in [3.8, 4) is 0 Å². The molecule has 5 heteroatoms. The Balaban J connectivity index is 2.04. The third-order valence-corrected chi connectivity index (χ3v) is 4.09. The highest BCUT2D eigenvalue weighted by molar-refractivity contribution is 7.99. The smallest absolute Gasteiger partial charge is 0.253 e. The predicted molar refractivity (Wildman–Crippen MR) is 74.2 cm³/mol. The molecule has 0 aromatic heterocycles. The molecule has 0 fully saturated rings. The van der Waals surface area contributed by atoms with Crippen LogP contribution < -0.4 is 15.5 Å². The average Bonchev–Trinajstić information content (AvgIpc) is 2.40. The van der Waals surface area contributed by atoms with Gasteiger partial charge in [-0.3, -0.25) is 4.79 Å². The molecule has 2 aliphatic heterocycles. The summed E-state index contributed by atoms with van der Waals surface area (Å²) in [5.41, 5.74) is 3.13. The molecule has 0 bridgehead atoms. The Labute approximate surface area is 110 Å². The van der Waals surface area contributed by atoms with Crippen molar-refractivity contribution in [3.63, 3.8) is 0 Å². The quantitative estimate of drug-likeness (QED) is 0.799. The summed E-state index contributed by atoms with van der Waals surface area (Å²) < 4.78 is 0. The van der Waals surface area contributed by atoms with Gasteiger partial charge in [-0.25, -0.2) is 0 Å². The van der Waals surface area contributed by atoms with E-state index in [0.29, 0.717) is 6.42 Å². The molecule has 0 saturated carbocycles. The van der Waals surface area contributed by atoms with E-state index in [4.69, 9.17) is 0 Å². The molecule has 1 amide bonds. The second-order valence-corrected chi connectivity index (χ2v) is 5.37. The lowest BCUT2D eigenvalue weighted by Gasteiger charge is -2.38. The molecule has 0 spiro atoms. The Hall–Kier alpha value is -1.62. The number of hydrogen-bond acceptors (Lipinski definition) is 4. The van der Waals surface area contributed by atoms with E-state index in [1.54, 1.807) is 11.8 Å². The molecule has 0 radical (unpaired) electrons. The number of fused-ring (bicyclic) bond motifs is 1. The van der Waals surface area contributed by atoms with Crippen molar-refractivity contribution < 1.29 is 4.79 Å². The highest BCUT2D eigenvalue weighted by atomic mass is 32.2. The van der Waals surface area contributed by atoms with Crippen molar-refractivity contribution in [2.45, 2.75) is 11.9 Å². The van der Waals surface area contributed by atoms with E-state index in [1.165, 1.54) is 11.3 Å². The molecular formula is C13H15N3OS. The molecule has 94 valence electrons. The molecule has 3 rings (SSSR count). The van der Waals surface area contributed by atoms with E-state index in [-0.39, 0.29) is 11.4 Å². The van der Waals surface area contributed by atoms with Gasteiger partial charge in [0.1, 0.15) is 11.3 Å². The van der Waals surface area contributed by atoms with Crippen molar-refractivity contribution in [3.05, 3.63) is 41.2 Å². The van der Waals surface area contributed by atoms with Crippen molar-refractivity contribution in [1.29, 1.82) is 0 Å². The molecular weight excluding hydrogens is 246 g/mol. The molecule has 2 heterocycles. The highest BCUT2D eigenvalue weighted by Gasteiger charge is 2.32. The molecule has 2 aliphatic rings. The van der Waals surface area contributed by atoms with Crippen LogP contribution >= 0.6 is 11.8 Å². The van der Waals surface area contributed by atoms with Crippen LogP contribution in [0.4, 0.5) is 5.69 Å². The standard InChI is InChI=1S/C13H15N3OS/c1-16-10-6-4-3-5-8(10)7-9-11(16)14-13(18-2)15-12(9)17/h3-6,13-14H,7H2,1-2H3,(H,15,17)/t13-/m0/s1. The second-order valence-electron chi connectivity index (χ2n) is 4.43. The van der Waals surface area contributed by atoms with Gasteiger partial charge in [0.05, 0.1) is 5.57 Å². The van der Waals surface area contributed by atoms with Crippen LogP contribution in [0, 0.1) is 0 Å². The Kier molecular flexibility index (Phi) is 2.70. The summed E-state index contributed by atoms with van der Waals surface area (Å²) in [5.74, 6) is 0.959. The maximum absolute atomic E-state index is 12.1. The lowest BCUT2D eigenvalue weighted by Crippen LogP contribution is -2.53. The third-order valence-electron chi connectivity index (χ3n) is 3.38. The maximum Gasteiger partial charge on any atom is 0.253 e. The van der Waals surface area contributed by atoms with Gasteiger partial charge in [0, 0.05) is 19.2 Å². The molecule has 4 nitrogen and oxygen atoms in total. The first-order chi connectivity index (χ1) is 8.70. The van der Waals surface area contributed by atoms with E-state index in [2.05, 4.69) is 27.7 Å². The van der Waals surface area contributed by atoms with Gasteiger partial charge in [-0.2, -0.15) is 0 Å². The van der Waals surface area contributed by atoms with Gasteiger partial charge in [-0.15, -0.1) is 11.8 Å². The first-order valence-corrected chi connectivity index (χ1v) is 7.14. The first kappa shape index (κ1) is 11.5. The van der Waals surface area contributed by atoms with E-state index in [0.717, 1.165) is 11.4 Å². The number of para-hydroxylation sites is 1. The normalized spacial score (nSPS) is 22.0. The van der Waals surface area contributed by atoms with Crippen LogP contribution in [0.5, 0.6) is 0 Å². The number of thioether (sulfide) groups is 1. The minimum Gasteiger partial charge on any atom is -0.343 e. The summed E-state index contributed by atoms with van der Waals surface area (Å²) in [5, 5.41) is 6.31. The van der Waals surface area contributed by atoms with Gasteiger partial charge < -0.3 is 15.5 Å². The van der Waals surface area contributed by atoms with Crippen LogP contribution in [0.15, 0.2) is 35.7 Å². The first-order valence-electron chi connectivity index (χ1n) is 5.85. The van der Waals surface area contributed by atoms with Crippen molar-refractivity contribution in [1.82, 2.24) is 10.6 Å². The number of nitrogens with one attached hydrogen (secondary N) is 2. The molecule has 18 heavy (non-hydrogen) atoms. The molecule has 0 aliphatic carbocycles. The Morgan fingerprint density at radius 1 is 1.33 bits per heavy atom. The molecule has 0 saturated heterocycles. The molecule has 1 atom stereocenters. The van der Waals surface area contributed by atoms with Crippen molar-refractivity contribution >= 4 is 23.4 Å². The summed E-state index contributed by atoms with van der Waals surface area (Å²) >= 11 is 1.58. The van der Waals surface area contributed by atoms with Crippen LogP contribution in [0.2, 0.25) is 0 Å². The second kappa shape index (κ2) is 4.24. The SMILES string of the molecule is CS[C@@H]1NC(=O)C2=C(N1)N(C)c1ccccc1C2. The van der Waals surface area contributed by atoms with Gasteiger partial charge in [-0.05, 0) is 17.9 Å². The van der Waals surface area contributed by atoms with Gasteiger partial charge in [-0.1, -0.05) is 18.2 Å². The highest BCUT2D eigenvalue weighted by Crippen LogP contribution is 2.32. The maximum atomic E-state index is 12.1. The topological polar surface area (TPSA) is 44.4 Å². The number of anilines is 1. The Morgan fingerprint density at radius 2 is 2.11 bits per heavy atom. The zero-order chi connectivity index (χ0) is 12.7. The Bertz CT molecular complexity index is 541. The lowest BCUT2D eigenvalue weighted by atomic mass is 9.97. The number of rotatable bonds is 1. The average molecular weight is 261 g/mol. The molecule has 0 unspecified atom stereocenters. The predicted octanol–water partition coefficient (Wildman–Crippen LogP) is 1.26. The van der Waals surface area contributed by atoms with Crippen LogP contribution in [0.3, 0.4) is 0 Å². The van der Waals surface area contributed by atoms with E-state index < -0.39 is 0 Å². The van der Waals surface area contributed by atoms with Crippen LogP contribution in [-0.4, -0.2) is 24.7 Å². The minimum absolute atomic E-state index is 0.0319. The van der Waals surface area contributed by atoms with E-state index in [9.17, 15) is 4.79 Å². The zero-order valence-corrected chi connectivity index (χ0v) is 11.2. The zero-order valence-electron chi connectivity index (χ0n) is 10.4. The fourth-order valence-electron chi connectivity index (χ4n) is 2.44. The lowest BCUT2D eigenvalue weighted by molar-refractivity contribution is -0.118. The number of hydrogen-bond donors (Lipinski definition) is 2. The number of carbonyl (C=O) groups excluding carboxylic acids is 1. The summed E-state index contributed by atoms with van der Waals surface area (Å²) in [6, 6.07) is 8.19. The fourth-order valence-corrected chi connectivity index (χ4v) is 2.90. The van der Waals surface area contributed by atoms with Crippen LogP contribution in [0.25, 0.3) is 0 Å². The van der Waals surface area contributed by atoms with Gasteiger partial charge >= 0.3 is 0 Å². The van der Waals surface area contributed by atoms with Gasteiger partial charge in [0.2, 0.25) is 0 Å². The van der Waals surface area contributed by atoms with Gasteiger partial charge in [0.15, 0.2) is 0 Å².